The average molecular weight is 418 g/mol. The molecular weight excluding hydrogens is 390 g/mol. The lowest BCUT2D eigenvalue weighted by atomic mass is 10.0. The number of aryl methyl sites for hydroxylation is 2. The SMILES string of the molecule is CCOC(=O)N1CCN(c2cc(-c3cncc(-c4ccc(C)cc4)c3)nc(C)n2)CC1. The van der Waals surface area contributed by atoms with Crippen LogP contribution in [-0.4, -0.2) is 58.7 Å². The van der Waals surface area contributed by atoms with Gasteiger partial charge in [-0.05, 0) is 32.4 Å². The maximum atomic E-state index is 12.0. The molecule has 3 aromatic rings. The first kappa shape index (κ1) is 20.8. The summed E-state index contributed by atoms with van der Waals surface area (Å²) in [5, 5.41) is 0. The summed E-state index contributed by atoms with van der Waals surface area (Å²) in [6.07, 6.45) is 3.46. The molecule has 0 spiro atoms. The number of hydrogen-bond acceptors (Lipinski definition) is 6. The number of amides is 1. The molecule has 7 nitrogen and oxygen atoms in total. The Morgan fingerprint density at radius 2 is 1.65 bits per heavy atom. The number of nitrogens with zero attached hydrogens (tertiary/aromatic N) is 5. The van der Waals surface area contributed by atoms with Crippen LogP contribution >= 0.6 is 0 Å². The Labute approximate surface area is 182 Å². The lowest BCUT2D eigenvalue weighted by Crippen LogP contribution is -2.49. The number of carbonyl (C=O) groups excluding carboxylic acids is 1. The van der Waals surface area contributed by atoms with Crippen LogP contribution < -0.4 is 4.90 Å². The van der Waals surface area contributed by atoms with Crippen LogP contribution in [0.15, 0.2) is 48.8 Å². The molecule has 0 atom stereocenters. The fourth-order valence-electron chi connectivity index (χ4n) is 3.68. The molecule has 1 aliphatic heterocycles. The molecule has 1 saturated heterocycles. The molecule has 1 aliphatic rings. The van der Waals surface area contributed by atoms with Gasteiger partial charge in [0.05, 0.1) is 12.3 Å². The van der Waals surface area contributed by atoms with Crippen molar-refractivity contribution in [2.75, 3.05) is 37.7 Å². The summed E-state index contributed by atoms with van der Waals surface area (Å²) in [5.41, 5.74) is 5.21. The Kier molecular flexibility index (Phi) is 6.11. The van der Waals surface area contributed by atoms with Gasteiger partial charge in [-0.3, -0.25) is 4.98 Å². The Balaban J connectivity index is 1.56. The van der Waals surface area contributed by atoms with Crippen LogP contribution in [0.2, 0.25) is 0 Å². The van der Waals surface area contributed by atoms with Crippen molar-refractivity contribution in [1.82, 2.24) is 19.9 Å². The molecule has 1 fully saturated rings. The normalized spacial score (nSPS) is 13.9. The van der Waals surface area contributed by atoms with Crippen molar-refractivity contribution < 1.29 is 9.53 Å². The first-order valence-electron chi connectivity index (χ1n) is 10.6. The van der Waals surface area contributed by atoms with Gasteiger partial charge < -0.3 is 14.5 Å². The highest BCUT2D eigenvalue weighted by molar-refractivity contribution is 5.71. The smallest absolute Gasteiger partial charge is 0.409 e. The van der Waals surface area contributed by atoms with Crippen LogP contribution in [0.1, 0.15) is 18.3 Å². The highest BCUT2D eigenvalue weighted by Gasteiger charge is 2.23. The van der Waals surface area contributed by atoms with E-state index in [1.54, 1.807) is 4.90 Å². The molecule has 0 N–H and O–H groups in total. The number of aromatic nitrogens is 3. The van der Waals surface area contributed by atoms with Gasteiger partial charge in [0, 0.05) is 55.8 Å². The molecule has 1 aromatic carbocycles. The van der Waals surface area contributed by atoms with Crippen LogP contribution in [0.25, 0.3) is 22.4 Å². The third kappa shape index (κ3) is 4.82. The van der Waals surface area contributed by atoms with E-state index >= 15 is 0 Å². The maximum Gasteiger partial charge on any atom is 0.409 e. The summed E-state index contributed by atoms with van der Waals surface area (Å²) in [4.78, 5) is 29.6. The molecule has 0 radical (unpaired) electrons. The van der Waals surface area contributed by atoms with Crippen molar-refractivity contribution in [3.63, 3.8) is 0 Å². The number of rotatable bonds is 4. The summed E-state index contributed by atoms with van der Waals surface area (Å²) in [5.74, 6) is 1.58. The highest BCUT2D eigenvalue weighted by atomic mass is 16.6. The summed E-state index contributed by atoms with van der Waals surface area (Å²) in [6.45, 7) is 8.83. The van der Waals surface area contributed by atoms with Crippen LogP contribution in [0.3, 0.4) is 0 Å². The van der Waals surface area contributed by atoms with E-state index < -0.39 is 0 Å². The zero-order valence-corrected chi connectivity index (χ0v) is 18.2. The van der Waals surface area contributed by atoms with E-state index in [-0.39, 0.29) is 6.09 Å². The van der Waals surface area contributed by atoms with E-state index in [4.69, 9.17) is 4.74 Å². The quantitative estimate of drug-likeness (QED) is 0.636. The summed E-state index contributed by atoms with van der Waals surface area (Å²) < 4.78 is 5.11. The van der Waals surface area contributed by atoms with Crippen LogP contribution in [-0.2, 0) is 4.74 Å². The van der Waals surface area contributed by atoms with Crippen LogP contribution in [0.4, 0.5) is 10.6 Å². The summed E-state index contributed by atoms with van der Waals surface area (Å²) in [6, 6.07) is 12.5. The number of hydrogen-bond donors (Lipinski definition) is 0. The minimum atomic E-state index is -0.249. The van der Waals surface area contributed by atoms with E-state index in [1.807, 2.05) is 32.3 Å². The number of carbonyl (C=O) groups is 1. The topological polar surface area (TPSA) is 71.5 Å². The Hall–Kier alpha value is -3.48. The molecule has 0 bridgehead atoms. The van der Waals surface area contributed by atoms with Crippen molar-refractivity contribution in [3.8, 4) is 22.4 Å². The van der Waals surface area contributed by atoms with Crippen LogP contribution in [0.5, 0.6) is 0 Å². The molecule has 3 heterocycles. The predicted molar refractivity (Wildman–Crippen MR) is 121 cm³/mol. The summed E-state index contributed by atoms with van der Waals surface area (Å²) in [7, 11) is 0. The first-order chi connectivity index (χ1) is 15.0. The number of anilines is 1. The van der Waals surface area contributed by atoms with Gasteiger partial charge in [-0.2, -0.15) is 0 Å². The molecule has 160 valence electrons. The fourth-order valence-corrected chi connectivity index (χ4v) is 3.68. The van der Waals surface area contributed by atoms with E-state index in [9.17, 15) is 4.79 Å². The zero-order valence-electron chi connectivity index (χ0n) is 18.2. The lowest BCUT2D eigenvalue weighted by Gasteiger charge is -2.34. The van der Waals surface area contributed by atoms with Gasteiger partial charge in [0.25, 0.3) is 0 Å². The minimum absolute atomic E-state index is 0.249. The molecule has 0 saturated carbocycles. The maximum absolute atomic E-state index is 12.0. The summed E-state index contributed by atoms with van der Waals surface area (Å²) >= 11 is 0. The second-order valence-corrected chi connectivity index (χ2v) is 7.66. The van der Waals surface area contributed by atoms with E-state index in [1.165, 1.54) is 5.56 Å². The number of benzene rings is 1. The van der Waals surface area contributed by atoms with E-state index in [0.717, 1.165) is 28.2 Å². The van der Waals surface area contributed by atoms with Crippen molar-refractivity contribution >= 4 is 11.9 Å². The molecule has 0 unspecified atom stereocenters. The van der Waals surface area contributed by atoms with Crippen molar-refractivity contribution in [3.05, 3.63) is 60.2 Å². The molecule has 1 amide bonds. The first-order valence-corrected chi connectivity index (χ1v) is 10.6. The molecule has 7 heteroatoms. The van der Waals surface area contributed by atoms with Crippen LogP contribution in [0, 0.1) is 13.8 Å². The molecule has 4 rings (SSSR count). The monoisotopic (exact) mass is 417 g/mol. The predicted octanol–water partition coefficient (Wildman–Crippen LogP) is 4.10. The molecule has 0 aliphatic carbocycles. The van der Waals surface area contributed by atoms with E-state index in [2.05, 4.69) is 57.1 Å². The van der Waals surface area contributed by atoms with E-state index in [0.29, 0.717) is 38.6 Å². The van der Waals surface area contributed by atoms with Gasteiger partial charge in [-0.1, -0.05) is 29.8 Å². The fraction of sp³-hybridized carbons (Fsp3) is 0.333. The largest absolute Gasteiger partial charge is 0.450 e. The number of pyridine rings is 1. The third-order valence-corrected chi connectivity index (χ3v) is 5.37. The standard InChI is InChI=1S/C24H27N5O2/c1-4-31-24(30)29-11-9-28(10-12-29)23-14-22(26-18(3)27-23)21-13-20(15-25-16-21)19-7-5-17(2)6-8-19/h5-8,13-16H,4,9-12H2,1-3H3. The zero-order chi connectivity index (χ0) is 21.8. The van der Waals surface area contributed by atoms with Crippen molar-refractivity contribution in [2.45, 2.75) is 20.8 Å². The molecule has 2 aromatic heterocycles. The van der Waals surface area contributed by atoms with Gasteiger partial charge in [0.15, 0.2) is 0 Å². The average Bonchev–Trinajstić information content (AvgIpc) is 2.79. The molecule has 31 heavy (non-hydrogen) atoms. The van der Waals surface area contributed by atoms with Crippen molar-refractivity contribution in [2.24, 2.45) is 0 Å². The minimum Gasteiger partial charge on any atom is -0.450 e. The van der Waals surface area contributed by atoms with Gasteiger partial charge >= 0.3 is 6.09 Å². The second-order valence-electron chi connectivity index (χ2n) is 7.66. The highest BCUT2D eigenvalue weighted by Crippen LogP contribution is 2.27. The van der Waals surface area contributed by atoms with Gasteiger partial charge in [0.1, 0.15) is 11.6 Å². The van der Waals surface area contributed by atoms with Crippen molar-refractivity contribution in [1.29, 1.82) is 0 Å². The molecular formula is C24H27N5O2. The number of piperazine rings is 1. The Morgan fingerprint density at radius 3 is 2.35 bits per heavy atom. The van der Waals surface area contributed by atoms with Gasteiger partial charge in [-0.15, -0.1) is 0 Å². The van der Waals surface area contributed by atoms with Gasteiger partial charge in [-0.25, -0.2) is 14.8 Å². The van der Waals surface area contributed by atoms with Gasteiger partial charge in [0.2, 0.25) is 0 Å². The third-order valence-electron chi connectivity index (χ3n) is 5.37. The number of ether oxygens (including phenoxy) is 1. The Bertz CT molecular complexity index is 1060. The second kappa shape index (κ2) is 9.12. The Morgan fingerprint density at radius 1 is 0.935 bits per heavy atom. The lowest BCUT2D eigenvalue weighted by molar-refractivity contribution is 0.105.